The van der Waals surface area contributed by atoms with Gasteiger partial charge in [0.15, 0.2) is 5.41 Å². The van der Waals surface area contributed by atoms with Crippen LogP contribution in [0.5, 0.6) is 0 Å². The monoisotopic (exact) mass is 356 g/mol. The molecule has 0 saturated carbocycles. The first-order chi connectivity index (χ1) is 12.0. The molecule has 25 heavy (non-hydrogen) atoms. The molecule has 0 aliphatic carbocycles. The second-order valence-electron chi connectivity index (χ2n) is 7.44. The molecule has 4 nitrogen and oxygen atoms in total. The Bertz CT molecular complexity index is 318. The van der Waals surface area contributed by atoms with E-state index in [0.29, 0.717) is 12.8 Å². The summed E-state index contributed by atoms with van der Waals surface area (Å²) in [7, 11) is 0. The van der Waals surface area contributed by atoms with E-state index in [2.05, 4.69) is 13.8 Å². The molecule has 0 rings (SSSR count). The van der Waals surface area contributed by atoms with Crippen molar-refractivity contribution in [3.63, 3.8) is 0 Å². The van der Waals surface area contributed by atoms with E-state index in [-0.39, 0.29) is 12.8 Å². The van der Waals surface area contributed by atoms with Gasteiger partial charge in [0.05, 0.1) is 0 Å². The topological polar surface area (TPSA) is 74.6 Å². The first-order valence-corrected chi connectivity index (χ1v) is 10.5. The maximum atomic E-state index is 11.7. The van der Waals surface area contributed by atoms with Gasteiger partial charge in [0.2, 0.25) is 0 Å². The Kier molecular flexibility index (Phi) is 14.6. The van der Waals surface area contributed by atoms with Crippen molar-refractivity contribution in [1.29, 1.82) is 0 Å². The predicted molar refractivity (Wildman–Crippen MR) is 103 cm³/mol. The van der Waals surface area contributed by atoms with E-state index in [0.717, 1.165) is 25.7 Å². The van der Waals surface area contributed by atoms with Gasteiger partial charge in [-0.1, -0.05) is 104 Å². The van der Waals surface area contributed by atoms with E-state index >= 15 is 0 Å². The number of unbranched alkanes of at least 4 members (excludes halogenated alkanes) is 12. The van der Waals surface area contributed by atoms with Gasteiger partial charge in [-0.15, -0.1) is 0 Å². The van der Waals surface area contributed by atoms with Crippen LogP contribution in [0.3, 0.4) is 0 Å². The zero-order chi connectivity index (χ0) is 19.0. The van der Waals surface area contributed by atoms with Gasteiger partial charge in [-0.05, 0) is 12.8 Å². The Morgan fingerprint density at radius 3 is 1.12 bits per heavy atom. The zero-order valence-corrected chi connectivity index (χ0v) is 16.5. The van der Waals surface area contributed by atoms with Crippen molar-refractivity contribution >= 4 is 11.9 Å². The molecule has 0 bridgehead atoms. The number of carbonyl (C=O) groups is 2. The van der Waals surface area contributed by atoms with Crippen molar-refractivity contribution in [2.75, 3.05) is 0 Å². The fraction of sp³-hybridized carbons (Fsp3) is 0.905. The molecule has 0 fully saturated rings. The fourth-order valence-electron chi connectivity index (χ4n) is 3.41. The highest BCUT2D eigenvalue weighted by molar-refractivity contribution is 5.98. The van der Waals surface area contributed by atoms with Crippen molar-refractivity contribution in [1.82, 2.24) is 0 Å². The lowest BCUT2D eigenvalue weighted by Crippen LogP contribution is -2.39. The summed E-state index contributed by atoms with van der Waals surface area (Å²) >= 11 is 0. The summed E-state index contributed by atoms with van der Waals surface area (Å²) in [6, 6.07) is 0. The minimum atomic E-state index is -1.58. The summed E-state index contributed by atoms with van der Waals surface area (Å²) in [5.74, 6) is -2.31. The second kappa shape index (κ2) is 15.2. The molecule has 0 amide bonds. The summed E-state index contributed by atoms with van der Waals surface area (Å²) in [5.41, 5.74) is -1.58. The summed E-state index contributed by atoms with van der Waals surface area (Å²) in [6.07, 6.45) is 15.6. The summed E-state index contributed by atoms with van der Waals surface area (Å²) in [6.45, 7) is 4.36. The molecule has 148 valence electrons. The molecular formula is C21H40O4. The quantitative estimate of drug-likeness (QED) is 0.219. The molecule has 0 unspecified atom stereocenters. The molecule has 0 aliphatic heterocycles. The largest absolute Gasteiger partial charge is 0.480 e. The third-order valence-corrected chi connectivity index (χ3v) is 5.23. The summed E-state index contributed by atoms with van der Waals surface area (Å²) in [4.78, 5) is 23.4. The van der Waals surface area contributed by atoms with Gasteiger partial charge in [-0.2, -0.15) is 0 Å². The van der Waals surface area contributed by atoms with E-state index < -0.39 is 17.4 Å². The van der Waals surface area contributed by atoms with Crippen LogP contribution in [0.1, 0.15) is 117 Å². The van der Waals surface area contributed by atoms with Crippen molar-refractivity contribution in [2.24, 2.45) is 5.41 Å². The van der Waals surface area contributed by atoms with Crippen LogP contribution < -0.4 is 0 Å². The Morgan fingerprint density at radius 2 is 0.840 bits per heavy atom. The smallest absolute Gasteiger partial charge is 0.321 e. The lowest BCUT2D eigenvalue weighted by atomic mass is 9.78. The molecule has 0 aliphatic rings. The number of aliphatic carboxylic acids is 2. The van der Waals surface area contributed by atoms with Crippen LogP contribution >= 0.6 is 0 Å². The second-order valence-corrected chi connectivity index (χ2v) is 7.44. The zero-order valence-electron chi connectivity index (χ0n) is 16.5. The summed E-state index contributed by atoms with van der Waals surface area (Å²) < 4.78 is 0. The number of carboxylic acids is 2. The standard InChI is InChI=1S/C21H40O4/c1-3-5-7-9-11-13-15-17-21(19(22)23,20(24)25)18-16-14-12-10-8-6-4-2/h3-18H2,1-2H3,(H,22,23)(H,24,25). The van der Waals surface area contributed by atoms with Gasteiger partial charge >= 0.3 is 11.9 Å². The van der Waals surface area contributed by atoms with Crippen molar-refractivity contribution in [3.05, 3.63) is 0 Å². The van der Waals surface area contributed by atoms with E-state index in [1.165, 1.54) is 51.4 Å². The molecule has 0 aromatic heterocycles. The van der Waals surface area contributed by atoms with Crippen LogP contribution in [0.15, 0.2) is 0 Å². The molecule has 0 aromatic carbocycles. The van der Waals surface area contributed by atoms with Gasteiger partial charge in [0, 0.05) is 0 Å². The van der Waals surface area contributed by atoms with Crippen molar-refractivity contribution in [2.45, 2.75) is 117 Å². The lowest BCUT2D eigenvalue weighted by molar-refractivity contribution is -0.166. The molecular weight excluding hydrogens is 316 g/mol. The third kappa shape index (κ3) is 10.5. The highest BCUT2D eigenvalue weighted by atomic mass is 16.4. The minimum Gasteiger partial charge on any atom is -0.480 e. The number of hydrogen-bond donors (Lipinski definition) is 2. The van der Waals surface area contributed by atoms with Crippen molar-refractivity contribution in [3.8, 4) is 0 Å². The molecule has 0 atom stereocenters. The van der Waals surface area contributed by atoms with Gasteiger partial charge in [0.1, 0.15) is 0 Å². The highest BCUT2D eigenvalue weighted by Gasteiger charge is 2.45. The van der Waals surface area contributed by atoms with Gasteiger partial charge < -0.3 is 10.2 Å². The van der Waals surface area contributed by atoms with Crippen LogP contribution in [-0.2, 0) is 9.59 Å². The van der Waals surface area contributed by atoms with Gasteiger partial charge in [-0.25, -0.2) is 0 Å². The minimum absolute atomic E-state index is 0.265. The Balaban J connectivity index is 4.22. The number of carboxylic acid groups (broad SMARTS) is 2. The van der Waals surface area contributed by atoms with Crippen LogP contribution in [-0.4, -0.2) is 22.2 Å². The Morgan fingerprint density at radius 1 is 0.560 bits per heavy atom. The molecule has 4 heteroatoms. The maximum absolute atomic E-state index is 11.7. The Hall–Kier alpha value is -1.06. The highest BCUT2D eigenvalue weighted by Crippen LogP contribution is 2.33. The van der Waals surface area contributed by atoms with Crippen LogP contribution in [0.2, 0.25) is 0 Å². The lowest BCUT2D eigenvalue weighted by Gasteiger charge is -2.25. The molecule has 2 N–H and O–H groups in total. The van der Waals surface area contributed by atoms with Crippen LogP contribution in [0.25, 0.3) is 0 Å². The van der Waals surface area contributed by atoms with E-state index in [1.807, 2.05) is 0 Å². The van der Waals surface area contributed by atoms with E-state index in [4.69, 9.17) is 0 Å². The average Bonchev–Trinajstić information content (AvgIpc) is 2.57. The first-order valence-electron chi connectivity index (χ1n) is 10.5. The van der Waals surface area contributed by atoms with E-state index in [1.54, 1.807) is 0 Å². The number of rotatable bonds is 18. The predicted octanol–water partition coefficient (Wildman–Crippen LogP) is 6.42. The fourth-order valence-corrected chi connectivity index (χ4v) is 3.41. The van der Waals surface area contributed by atoms with Gasteiger partial charge in [0.25, 0.3) is 0 Å². The molecule has 0 heterocycles. The molecule has 0 saturated heterocycles. The average molecular weight is 357 g/mol. The van der Waals surface area contributed by atoms with Crippen molar-refractivity contribution < 1.29 is 19.8 Å². The SMILES string of the molecule is CCCCCCCCCC(CCCCCCCCC)(C(=O)O)C(=O)O. The van der Waals surface area contributed by atoms with Gasteiger partial charge in [-0.3, -0.25) is 9.59 Å². The normalized spacial score (nSPS) is 11.6. The van der Waals surface area contributed by atoms with Crippen LogP contribution in [0.4, 0.5) is 0 Å². The van der Waals surface area contributed by atoms with E-state index in [9.17, 15) is 19.8 Å². The summed E-state index contributed by atoms with van der Waals surface area (Å²) in [5, 5.41) is 19.1. The maximum Gasteiger partial charge on any atom is 0.321 e. The molecule has 0 spiro atoms. The molecule has 0 aromatic rings. The Labute approximate surface area is 154 Å². The van der Waals surface area contributed by atoms with Crippen LogP contribution in [0, 0.1) is 5.41 Å². The number of hydrogen-bond acceptors (Lipinski definition) is 2. The third-order valence-electron chi connectivity index (χ3n) is 5.23. The first kappa shape index (κ1) is 23.9. The molecule has 0 radical (unpaired) electrons.